The van der Waals surface area contributed by atoms with Gasteiger partial charge in [0.25, 0.3) is 0 Å². The second-order valence-electron chi connectivity index (χ2n) is 2.40. The Hall–Kier alpha value is -1.58. The van der Waals surface area contributed by atoms with E-state index in [2.05, 4.69) is 4.98 Å². The van der Waals surface area contributed by atoms with Crippen molar-refractivity contribution in [3.63, 3.8) is 0 Å². The highest BCUT2D eigenvalue weighted by atomic mass is 16.4. The molecule has 12 heavy (non-hydrogen) atoms. The van der Waals surface area contributed by atoms with E-state index in [1.165, 1.54) is 0 Å². The molecule has 1 heterocycles. The van der Waals surface area contributed by atoms with Crippen molar-refractivity contribution in [2.75, 3.05) is 0 Å². The van der Waals surface area contributed by atoms with Crippen LogP contribution in [0.3, 0.4) is 0 Å². The first-order valence-electron chi connectivity index (χ1n) is 3.58. The number of carbonyl (C=O) groups is 2. The van der Waals surface area contributed by atoms with E-state index in [-0.39, 0.29) is 18.6 Å². The van der Waals surface area contributed by atoms with E-state index in [4.69, 9.17) is 5.11 Å². The van der Waals surface area contributed by atoms with Gasteiger partial charge in [0, 0.05) is 12.6 Å². The number of aromatic amines is 1. The molecule has 0 saturated carbocycles. The van der Waals surface area contributed by atoms with E-state index < -0.39 is 5.97 Å². The fourth-order valence-electron chi connectivity index (χ4n) is 0.859. The number of aliphatic carboxylic acids is 1. The van der Waals surface area contributed by atoms with Crippen LogP contribution in [0.25, 0.3) is 0 Å². The van der Waals surface area contributed by atoms with Gasteiger partial charge in [0.2, 0.25) is 0 Å². The van der Waals surface area contributed by atoms with Crippen LogP contribution >= 0.6 is 0 Å². The summed E-state index contributed by atoms with van der Waals surface area (Å²) < 4.78 is 0. The predicted octanol–water partition coefficient (Wildman–Crippen LogP) is 1.06. The Bertz CT molecular complexity index is 277. The summed E-state index contributed by atoms with van der Waals surface area (Å²) in [5.74, 6) is -1.11. The summed E-state index contributed by atoms with van der Waals surface area (Å²) in [6, 6.07) is 3.33. The number of hydrogen-bond acceptors (Lipinski definition) is 2. The standard InChI is InChI=1S/C8H9NO3/c10-7(3-4-8(11)12)6-2-1-5-9-6/h1-2,5,9H,3-4H2,(H,11,12). The Labute approximate surface area is 69.2 Å². The monoisotopic (exact) mass is 167 g/mol. The van der Waals surface area contributed by atoms with Crippen LogP contribution in [-0.4, -0.2) is 21.8 Å². The average molecular weight is 167 g/mol. The number of carboxylic acids is 1. The number of nitrogens with one attached hydrogen (secondary N) is 1. The lowest BCUT2D eigenvalue weighted by Gasteiger charge is -1.93. The molecule has 0 aliphatic rings. The Morgan fingerprint density at radius 2 is 2.17 bits per heavy atom. The summed E-state index contributed by atoms with van der Waals surface area (Å²) in [6.45, 7) is 0. The van der Waals surface area contributed by atoms with E-state index in [1.54, 1.807) is 18.3 Å². The summed E-state index contributed by atoms with van der Waals surface area (Å²) in [6.07, 6.45) is 1.57. The van der Waals surface area contributed by atoms with Crippen molar-refractivity contribution < 1.29 is 14.7 Å². The summed E-state index contributed by atoms with van der Waals surface area (Å²) in [7, 11) is 0. The van der Waals surface area contributed by atoms with Crippen LogP contribution in [0.2, 0.25) is 0 Å². The van der Waals surface area contributed by atoms with E-state index in [1.807, 2.05) is 0 Å². The van der Waals surface area contributed by atoms with Gasteiger partial charge in [0.1, 0.15) is 0 Å². The largest absolute Gasteiger partial charge is 0.481 e. The molecule has 64 valence electrons. The fourth-order valence-corrected chi connectivity index (χ4v) is 0.859. The lowest BCUT2D eigenvalue weighted by Crippen LogP contribution is -2.03. The minimum absolute atomic E-state index is 0.0514. The van der Waals surface area contributed by atoms with Crippen LogP contribution in [0.5, 0.6) is 0 Å². The Morgan fingerprint density at radius 3 is 2.67 bits per heavy atom. The maximum atomic E-state index is 11.1. The molecule has 1 aromatic heterocycles. The molecule has 4 nitrogen and oxygen atoms in total. The van der Waals surface area contributed by atoms with Crippen molar-refractivity contribution >= 4 is 11.8 Å². The molecular weight excluding hydrogens is 158 g/mol. The van der Waals surface area contributed by atoms with Crippen molar-refractivity contribution in [2.24, 2.45) is 0 Å². The number of carboxylic acid groups (broad SMARTS) is 1. The van der Waals surface area contributed by atoms with Gasteiger partial charge in [-0.25, -0.2) is 0 Å². The van der Waals surface area contributed by atoms with Crippen LogP contribution in [0, 0.1) is 0 Å². The molecule has 0 spiro atoms. The number of hydrogen-bond donors (Lipinski definition) is 2. The number of aromatic nitrogens is 1. The minimum atomic E-state index is -0.949. The lowest BCUT2D eigenvalue weighted by atomic mass is 10.2. The zero-order chi connectivity index (χ0) is 8.97. The third-order valence-corrected chi connectivity index (χ3v) is 1.46. The average Bonchev–Trinajstić information content (AvgIpc) is 2.51. The lowest BCUT2D eigenvalue weighted by molar-refractivity contribution is -0.136. The SMILES string of the molecule is O=C(O)CCC(=O)c1ccc[nH]1. The third-order valence-electron chi connectivity index (χ3n) is 1.46. The molecule has 0 radical (unpaired) electrons. The van der Waals surface area contributed by atoms with Gasteiger partial charge < -0.3 is 10.1 Å². The van der Waals surface area contributed by atoms with Gasteiger partial charge in [0.15, 0.2) is 5.78 Å². The minimum Gasteiger partial charge on any atom is -0.481 e. The molecule has 0 aromatic carbocycles. The molecule has 4 heteroatoms. The molecule has 1 rings (SSSR count). The highest BCUT2D eigenvalue weighted by Gasteiger charge is 2.07. The first-order valence-corrected chi connectivity index (χ1v) is 3.58. The predicted molar refractivity (Wildman–Crippen MR) is 42.0 cm³/mol. The molecule has 0 aliphatic carbocycles. The van der Waals surface area contributed by atoms with Gasteiger partial charge in [-0.3, -0.25) is 9.59 Å². The molecule has 0 aliphatic heterocycles. The molecule has 0 atom stereocenters. The van der Waals surface area contributed by atoms with E-state index in [0.29, 0.717) is 5.69 Å². The second kappa shape index (κ2) is 3.71. The number of carbonyl (C=O) groups excluding carboxylic acids is 1. The van der Waals surface area contributed by atoms with Crippen molar-refractivity contribution in [1.82, 2.24) is 4.98 Å². The van der Waals surface area contributed by atoms with Crippen molar-refractivity contribution in [1.29, 1.82) is 0 Å². The van der Waals surface area contributed by atoms with Gasteiger partial charge in [-0.2, -0.15) is 0 Å². The van der Waals surface area contributed by atoms with Gasteiger partial charge in [-0.1, -0.05) is 0 Å². The highest BCUT2D eigenvalue weighted by Crippen LogP contribution is 2.01. The normalized spacial score (nSPS) is 9.67. The molecule has 0 saturated heterocycles. The fraction of sp³-hybridized carbons (Fsp3) is 0.250. The number of ketones is 1. The van der Waals surface area contributed by atoms with Crippen LogP contribution in [0.15, 0.2) is 18.3 Å². The number of H-pyrrole nitrogens is 1. The number of Topliss-reactive ketones (excluding diaryl/α,β-unsaturated/α-hetero) is 1. The first-order chi connectivity index (χ1) is 5.70. The summed E-state index contributed by atoms with van der Waals surface area (Å²) in [5, 5.41) is 8.30. The molecule has 1 aromatic rings. The summed E-state index contributed by atoms with van der Waals surface area (Å²) >= 11 is 0. The summed E-state index contributed by atoms with van der Waals surface area (Å²) in [4.78, 5) is 23.9. The Morgan fingerprint density at radius 1 is 1.42 bits per heavy atom. The molecule has 2 N–H and O–H groups in total. The van der Waals surface area contributed by atoms with Crippen LogP contribution in [0.1, 0.15) is 23.3 Å². The zero-order valence-corrected chi connectivity index (χ0v) is 6.41. The highest BCUT2D eigenvalue weighted by molar-refractivity contribution is 5.95. The zero-order valence-electron chi connectivity index (χ0n) is 6.41. The van der Waals surface area contributed by atoms with Gasteiger partial charge in [0.05, 0.1) is 12.1 Å². The maximum absolute atomic E-state index is 11.1. The second-order valence-corrected chi connectivity index (χ2v) is 2.40. The Balaban J connectivity index is 2.45. The van der Waals surface area contributed by atoms with Crippen molar-refractivity contribution in [3.8, 4) is 0 Å². The molecule has 0 amide bonds. The summed E-state index contributed by atoms with van der Waals surface area (Å²) in [5.41, 5.74) is 0.469. The topological polar surface area (TPSA) is 70.2 Å². The molecule has 0 unspecified atom stereocenters. The van der Waals surface area contributed by atoms with Gasteiger partial charge >= 0.3 is 5.97 Å². The molecule has 0 bridgehead atoms. The smallest absolute Gasteiger partial charge is 0.303 e. The number of rotatable bonds is 4. The van der Waals surface area contributed by atoms with Crippen LogP contribution in [-0.2, 0) is 4.79 Å². The Kier molecular flexibility index (Phi) is 2.63. The van der Waals surface area contributed by atoms with Crippen LogP contribution in [0.4, 0.5) is 0 Å². The quantitative estimate of drug-likeness (QED) is 0.659. The molecular formula is C8H9NO3. The maximum Gasteiger partial charge on any atom is 0.303 e. The van der Waals surface area contributed by atoms with E-state index in [9.17, 15) is 9.59 Å². The third kappa shape index (κ3) is 2.23. The van der Waals surface area contributed by atoms with Crippen molar-refractivity contribution in [2.45, 2.75) is 12.8 Å². The van der Waals surface area contributed by atoms with E-state index >= 15 is 0 Å². The molecule has 0 fully saturated rings. The van der Waals surface area contributed by atoms with Crippen molar-refractivity contribution in [3.05, 3.63) is 24.0 Å². The van der Waals surface area contributed by atoms with E-state index in [0.717, 1.165) is 0 Å². The van der Waals surface area contributed by atoms with Crippen LogP contribution < -0.4 is 0 Å². The first kappa shape index (κ1) is 8.52. The van der Waals surface area contributed by atoms with Gasteiger partial charge in [-0.05, 0) is 12.1 Å². The van der Waals surface area contributed by atoms with Gasteiger partial charge in [-0.15, -0.1) is 0 Å².